The van der Waals surface area contributed by atoms with Crippen LogP contribution in [-0.4, -0.2) is 83.2 Å². The summed E-state index contributed by atoms with van der Waals surface area (Å²) in [6, 6.07) is 6.81. The maximum atomic E-state index is 15.9. The molecule has 1 aliphatic heterocycles. The van der Waals surface area contributed by atoms with E-state index in [0.717, 1.165) is 0 Å². The van der Waals surface area contributed by atoms with Crippen LogP contribution in [0.3, 0.4) is 0 Å². The molecule has 0 atom stereocenters. The molecular weight excluding hydrogens is 523 g/mol. The Labute approximate surface area is 228 Å². The maximum absolute atomic E-state index is 15.9. The maximum Gasteiger partial charge on any atom is 0.321 e. The zero-order chi connectivity index (χ0) is 27.4. The van der Waals surface area contributed by atoms with Crippen molar-refractivity contribution in [3.63, 3.8) is 0 Å². The number of amides is 2. The van der Waals surface area contributed by atoms with Gasteiger partial charge in [0, 0.05) is 68.0 Å². The van der Waals surface area contributed by atoms with Crippen molar-refractivity contribution in [3.8, 4) is 22.4 Å². The summed E-state index contributed by atoms with van der Waals surface area (Å²) in [5.74, 6) is -0.261. The Kier molecular flexibility index (Phi) is 7.89. The minimum absolute atomic E-state index is 0.135. The van der Waals surface area contributed by atoms with Crippen LogP contribution in [0.15, 0.2) is 42.9 Å². The lowest BCUT2D eigenvalue weighted by Crippen LogP contribution is -2.48. The van der Waals surface area contributed by atoms with Crippen LogP contribution in [0.4, 0.5) is 20.3 Å². The number of nitrogens with zero attached hydrogens (tertiary/aromatic N) is 6. The molecule has 1 fully saturated rings. The summed E-state index contributed by atoms with van der Waals surface area (Å²) < 4.78 is 21.2. The molecular formula is C26H27FN8O3S. The van der Waals surface area contributed by atoms with Crippen molar-refractivity contribution in [2.45, 2.75) is 6.92 Å². The van der Waals surface area contributed by atoms with E-state index >= 15 is 4.39 Å². The molecule has 202 valence electrons. The molecule has 39 heavy (non-hydrogen) atoms. The smallest absolute Gasteiger partial charge is 0.321 e. The van der Waals surface area contributed by atoms with E-state index in [4.69, 9.17) is 4.74 Å². The number of anilines is 2. The highest BCUT2D eigenvalue weighted by Crippen LogP contribution is 2.40. The molecule has 1 aromatic carbocycles. The number of ether oxygens (including phenoxy) is 1. The molecule has 4 aromatic rings. The lowest BCUT2D eigenvalue weighted by molar-refractivity contribution is -0.142. The van der Waals surface area contributed by atoms with E-state index in [1.165, 1.54) is 18.4 Å². The highest BCUT2D eigenvalue weighted by molar-refractivity contribution is 7.22. The third-order valence-electron chi connectivity index (χ3n) is 6.29. The number of piperazine rings is 1. The number of carbonyl (C=O) groups is 2. The topological polar surface area (TPSA) is 125 Å². The molecule has 1 saturated heterocycles. The highest BCUT2D eigenvalue weighted by Gasteiger charge is 2.23. The van der Waals surface area contributed by atoms with Gasteiger partial charge in [-0.2, -0.15) is 0 Å². The summed E-state index contributed by atoms with van der Waals surface area (Å²) >= 11 is 1.18. The predicted octanol–water partition coefficient (Wildman–Crippen LogP) is 3.39. The number of pyridine rings is 1. The molecule has 0 radical (unpaired) electrons. The molecule has 13 heteroatoms. The second-order valence-corrected chi connectivity index (χ2v) is 9.79. The van der Waals surface area contributed by atoms with Crippen molar-refractivity contribution < 1.29 is 18.7 Å². The number of hydrogen-bond acceptors (Lipinski definition) is 10. The van der Waals surface area contributed by atoms with Crippen LogP contribution >= 0.6 is 11.3 Å². The van der Waals surface area contributed by atoms with Crippen LogP contribution in [0.5, 0.6) is 0 Å². The van der Waals surface area contributed by atoms with Gasteiger partial charge in [0.25, 0.3) is 0 Å². The number of esters is 1. The molecule has 2 amide bonds. The molecule has 3 aromatic heterocycles. The van der Waals surface area contributed by atoms with Gasteiger partial charge in [0.1, 0.15) is 5.52 Å². The van der Waals surface area contributed by atoms with Gasteiger partial charge < -0.3 is 15.0 Å². The third-order valence-corrected chi connectivity index (χ3v) is 7.29. The van der Waals surface area contributed by atoms with Crippen LogP contribution in [0.2, 0.25) is 0 Å². The number of aromatic nitrogens is 4. The summed E-state index contributed by atoms with van der Waals surface area (Å²) in [7, 11) is 1.38. The van der Waals surface area contributed by atoms with Crippen LogP contribution in [-0.2, 0) is 9.53 Å². The Morgan fingerprint density at radius 1 is 1.10 bits per heavy atom. The zero-order valence-electron chi connectivity index (χ0n) is 21.5. The van der Waals surface area contributed by atoms with E-state index in [0.29, 0.717) is 60.2 Å². The minimum atomic E-state index is -0.530. The molecule has 0 unspecified atom stereocenters. The SMILES string of the molecule is CCNC(=O)Nc1nc2c(F)c(-c3cnc(N4CCN(CC(=O)OC)CC4)nc3)cc(-c3ccccn3)c2s1. The first-order valence-corrected chi connectivity index (χ1v) is 13.2. The van der Waals surface area contributed by atoms with Gasteiger partial charge in [-0.05, 0) is 25.1 Å². The number of thiazole rings is 1. The monoisotopic (exact) mass is 550 g/mol. The normalized spacial score (nSPS) is 13.9. The fourth-order valence-corrected chi connectivity index (χ4v) is 5.29. The molecule has 0 saturated carbocycles. The van der Waals surface area contributed by atoms with Crippen molar-refractivity contribution in [2.75, 3.05) is 56.6 Å². The zero-order valence-corrected chi connectivity index (χ0v) is 22.3. The first-order valence-electron chi connectivity index (χ1n) is 12.4. The van der Waals surface area contributed by atoms with Crippen LogP contribution < -0.4 is 15.5 Å². The largest absolute Gasteiger partial charge is 0.468 e. The van der Waals surface area contributed by atoms with Gasteiger partial charge in [0.15, 0.2) is 10.9 Å². The van der Waals surface area contributed by atoms with Crippen LogP contribution in [0, 0.1) is 5.82 Å². The molecule has 4 heterocycles. The van der Waals surface area contributed by atoms with Crippen molar-refractivity contribution in [1.82, 2.24) is 30.2 Å². The molecule has 0 bridgehead atoms. The Hall–Kier alpha value is -4.23. The number of hydrogen-bond donors (Lipinski definition) is 2. The first-order chi connectivity index (χ1) is 19.0. The predicted molar refractivity (Wildman–Crippen MR) is 147 cm³/mol. The number of urea groups is 1. The van der Waals surface area contributed by atoms with Crippen molar-refractivity contribution in [2.24, 2.45) is 0 Å². The van der Waals surface area contributed by atoms with Gasteiger partial charge in [0.2, 0.25) is 5.95 Å². The summed E-state index contributed by atoms with van der Waals surface area (Å²) in [6.45, 7) is 5.17. The van der Waals surface area contributed by atoms with Gasteiger partial charge >= 0.3 is 12.0 Å². The Balaban J connectivity index is 1.45. The first kappa shape index (κ1) is 26.4. The van der Waals surface area contributed by atoms with Gasteiger partial charge in [-0.15, -0.1) is 0 Å². The van der Waals surface area contributed by atoms with E-state index in [-0.39, 0.29) is 28.7 Å². The molecule has 2 N–H and O–H groups in total. The fourth-order valence-electron chi connectivity index (χ4n) is 4.31. The van der Waals surface area contributed by atoms with Gasteiger partial charge in [0.05, 0.1) is 24.0 Å². The number of methoxy groups -OCH3 is 1. The summed E-state index contributed by atoms with van der Waals surface area (Å²) in [6.07, 6.45) is 4.85. The quantitative estimate of drug-likeness (QED) is 0.333. The fraction of sp³-hybridized carbons (Fsp3) is 0.308. The lowest BCUT2D eigenvalue weighted by atomic mass is 10.0. The second kappa shape index (κ2) is 11.7. The van der Waals surface area contributed by atoms with E-state index in [2.05, 4.69) is 30.6 Å². The Morgan fingerprint density at radius 3 is 2.54 bits per heavy atom. The molecule has 1 aliphatic rings. The number of nitrogens with one attached hydrogen (secondary N) is 2. The number of carbonyl (C=O) groups excluding carboxylic acids is 2. The molecule has 5 rings (SSSR count). The van der Waals surface area contributed by atoms with E-state index < -0.39 is 11.8 Å². The van der Waals surface area contributed by atoms with Crippen LogP contribution in [0.1, 0.15) is 6.92 Å². The van der Waals surface area contributed by atoms with Gasteiger partial charge in [-0.3, -0.25) is 20.0 Å². The van der Waals surface area contributed by atoms with Crippen molar-refractivity contribution in [1.29, 1.82) is 0 Å². The molecule has 11 nitrogen and oxygen atoms in total. The molecule has 0 spiro atoms. The second-order valence-electron chi connectivity index (χ2n) is 8.79. The lowest BCUT2D eigenvalue weighted by Gasteiger charge is -2.33. The number of halogens is 1. The van der Waals surface area contributed by atoms with Gasteiger partial charge in [-0.25, -0.2) is 24.1 Å². The minimum Gasteiger partial charge on any atom is -0.468 e. The van der Waals surface area contributed by atoms with Gasteiger partial charge in [-0.1, -0.05) is 17.4 Å². The van der Waals surface area contributed by atoms with E-state index in [9.17, 15) is 9.59 Å². The average molecular weight is 551 g/mol. The molecule has 0 aliphatic carbocycles. The number of rotatable bonds is 7. The number of benzene rings is 1. The Bertz CT molecular complexity index is 1470. The highest BCUT2D eigenvalue weighted by atomic mass is 32.1. The summed E-state index contributed by atoms with van der Waals surface area (Å²) in [5, 5.41) is 5.60. The third kappa shape index (κ3) is 5.78. The average Bonchev–Trinajstić information content (AvgIpc) is 3.38. The van der Waals surface area contributed by atoms with Crippen molar-refractivity contribution in [3.05, 3.63) is 48.7 Å². The van der Waals surface area contributed by atoms with Crippen molar-refractivity contribution >= 4 is 44.6 Å². The van der Waals surface area contributed by atoms with E-state index in [1.54, 1.807) is 24.7 Å². The summed E-state index contributed by atoms with van der Waals surface area (Å²) in [5.41, 5.74) is 2.25. The van der Waals surface area contributed by atoms with Crippen LogP contribution in [0.25, 0.3) is 32.6 Å². The van der Waals surface area contributed by atoms with E-state index in [1.807, 2.05) is 34.9 Å². The Morgan fingerprint density at radius 2 is 1.87 bits per heavy atom. The summed E-state index contributed by atoms with van der Waals surface area (Å²) in [4.78, 5) is 45.5. The standard InChI is InChI=1S/C26H27FN8O3S/c1-3-28-25(37)33-26-32-22-21(27)17(12-18(23(22)39-26)19-6-4-5-7-29-19)16-13-30-24(31-14-16)35-10-8-34(9-11-35)15-20(36)38-2/h4-7,12-14H,3,8-11,15H2,1-2H3,(H2,28,32,33,37). The number of fused-ring (bicyclic) bond motifs is 1.